The Bertz CT molecular complexity index is 635. The second-order valence-corrected chi connectivity index (χ2v) is 5.89. The molecule has 0 aliphatic carbocycles. The molecule has 0 aliphatic heterocycles. The number of likely N-dealkylation sites (N-methyl/N-ethyl adjacent to an activating group) is 1. The number of phenols is 2. The van der Waals surface area contributed by atoms with Gasteiger partial charge in [-0.05, 0) is 55.2 Å². The Morgan fingerprint density at radius 3 is 1.96 bits per heavy atom. The average Bonchev–Trinajstić information content (AvgIpc) is 2.55. The lowest BCUT2D eigenvalue weighted by Gasteiger charge is -2.25. The van der Waals surface area contributed by atoms with E-state index in [-0.39, 0.29) is 23.4 Å². The normalized spacial score (nSPS) is 11.9. The Morgan fingerprint density at radius 2 is 1.43 bits per heavy atom. The third-order valence-electron chi connectivity index (χ3n) is 4.09. The number of rotatable bonds is 6. The summed E-state index contributed by atoms with van der Waals surface area (Å²) in [5.41, 5.74) is 2.13. The summed E-state index contributed by atoms with van der Waals surface area (Å²) in [5, 5.41) is 18.6. The van der Waals surface area contributed by atoms with Crippen molar-refractivity contribution in [1.29, 1.82) is 0 Å². The van der Waals surface area contributed by atoms with Gasteiger partial charge in [-0.3, -0.25) is 4.79 Å². The van der Waals surface area contributed by atoms with E-state index in [9.17, 15) is 15.0 Å². The molecule has 122 valence electrons. The summed E-state index contributed by atoms with van der Waals surface area (Å²) in [6.07, 6.45) is 1.86. The van der Waals surface area contributed by atoms with E-state index in [2.05, 4.69) is 0 Å². The smallest absolute Gasteiger partial charge is 0.222 e. The Balaban J connectivity index is 1.85. The number of carbonyl (C=O) groups excluding carboxylic acids is 1. The maximum atomic E-state index is 12.3. The predicted molar refractivity (Wildman–Crippen MR) is 90.5 cm³/mol. The fourth-order valence-corrected chi connectivity index (χ4v) is 2.45. The highest BCUT2D eigenvalue weighted by molar-refractivity contribution is 5.76. The minimum Gasteiger partial charge on any atom is -0.508 e. The van der Waals surface area contributed by atoms with Gasteiger partial charge < -0.3 is 15.1 Å². The summed E-state index contributed by atoms with van der Waals surface area (Å²) in [4.78, 5) is 14.1. The molecule has 0 saturated heterocycles. The third-order valence-corrected chi connectivity index (χ3v) is 4.09. The Morgan fingerprint density at radius 1 is 0.957 bits per heavy atom. The Labute approximate surface area is 137 Å². The van der Waals surface area contributed by atoms with E-state index in [1.165, 1.54) is 0 Å². The largest absolute Gasteiger partial charge is 0.508 e. The van der Waals surface area contributed by atoms with Gasteiger partial charge in [-0.1, -0.05) is 24.3 Å². The van der Waals surface area contributed by atoms with Gasteiger partial charge in [0.2, 0.25) is 5.91 Å². The van der Waals surface area contributed by atoms with Gasteiger partial charge in [-0.25, -0.2) is 0 Å². The van der Waals surface area contributed by atoms with E-state index in [0.717, 1.165) is 17.5 Å². The quantitative estimate of drug-likeness (QED) is 0.861. The number of carbonyl (C=O) groups is 1. The van der Waals surface area contributed by atoms with E-state index < -0.39 is 0 Å². The summed E-state index contributed by atoms with van der Waals surface area (Å²) < 4.78 is 0. The topological polar surface area (TPSA) is 60.8 Å². The highest BCUT2D eigenvalue weighted by atomic mass is 16.3. The molecule has 0 radical (unpaired) electrons. The number of phenolic OH excluding ortho intramolecular Hbond substituents is 2. The molecule has 0 heterocycles. The van der Waals surface area contributed by atoms with Crippen LogP contribution in [-0.2, 0) is 17.6 Å². The van der Waals surface area contributed by atoms with Gasteiger partial charge in [-0.2, -0.15) is 0 Å². The van der Waals surface area contributed by atoms with Crippen molar-refractivity contribution in [3.63, 3.8) is 0 Å². The molecule has 4 nitrogen and oxygen atoms in total. The van der Waals surface area contributed by atoms with Crippen LogP contribution >= 0.6 is 0 Å². The van der Waals surface area contributed by atoms with Crippen LogP contribution in [0, 0.1) is 0 Å². The molecule has 0 bridgehead atoms. The Hall–Kier alpha value is -2.49. The number of aryl methyl sites for hydroxylation is 1. The molecule has 2 N–H and O–H groups in total. The standard InChI is InChI=1S/C19H23NO3/c1-14(13-16-5-10-18(22)11-6-16)20(2)19(23)12-7-15-3-8-17(21)9-4-15/h3-6,8-11,14,21-22H,7,12-13H2,1-2H3. The molecule has 4 heteroatoms. The SMILES string of the molecule is CC(Cc1ccc(O)cc1)N(C)C(=O)CCc1ccc(O)cc1. The molecule has 1 unspecified atom stereocenters. The van der Waals surface area contributed by atoms with Crippen molar-refractivity contribution >= 4 is 5.91 Å². The van der Waals surface area contributed by atoms with Crippen molar-refractivity contribution in [3.8, 4) is 11.5 Å². The zero-order valence-corrected chi connectivity index (χ0v) is 13.6. The molecular weight excluding hydrogens is 290 g/mol. The van der Waals surface area contributed by atoms with Crippen LogP contribution in [-0.4, -0.2) is 34.1 Å². The van der Waals surface area contributed by atoms with Crippen molar-refractivity contribution < 1.29 is 15.0 Å². The van der Waals surface area contributed by atoms with Gasteiger partial charge >= 0.3 is 0 Å². The van der Waals surface area contributed by atoms with Crippen LogP contribution in [0.25, 0.3) is 0 Å². The second kappa shape index (κ2) is 7.68. The van der Waals surface area contributed by atoms with E-state index in [1.54, 1.807) is 29.2 Å². The number of aromatic hydroxyl groups is 2. The lowest BCUT2D eigenvalue weighted by Crippen LogP contribution is -2.36. The maximum Gasteiger partial charge on any atom is 0.222 e. The highest BCUT2D eigenvalue weighted by Crippen LogP contribution is 2.15. The molecule has 0 saturated carbocycles. The van der Waals surface area contributed by atoms with Gasteiger partial charge in [0.25, 0.3) is 0 Å². The lowest BCUT2D eigenvalue weighted by molar-refractivity contribution is -0.131. The highest BCUT2D eigenvalue weighted by Gasteiger charge is 2.16. The van der Waals surface area contributed by atoms with Crippen LogP contribution in [0.4, 0.5) is 0 Å². The van der Waals surface area contributed by atoms with Crippen LogP contribution in [0.1, 0.15) is 24.5 Å². The van der Waals surface area contributed by atoms with Gasteiger partial charge in [0.05, 0.1) is 0 Å². The summed E-state index contributed by atoms with van der Waals surface area (Å²) in [7, 11) is 1.82. The number of hydrogen-bond acceptors (Lipinski definition) is 3. The first-order valence-corrected chi connectivity index (χ1v) is 7.77. The molecule has 0 spiro atoms. The fraction of sp³-hybridized carbons (Fsp3) is 0.316. The van der Waals surface area contributed by atoms with E-state index in [0.29, 0.717) is 12.8 Å². The molecular formula is C19H23NO3. The fourth-order valence-electron chi connectivity index (χ4n) is 2.45. The molecule has 2 aromatic rings. The summed E-state index contributed by atoms with van der Waals surface area (Å²) in [6, 6.07) is 14.1. The van der Waals surface area contributed by atoms with E-state index in [4.69, 9.17) is 0 Å². The van der Waals surface area contributed by atoms with Crippen molar-refractivity contribution in [1.82, 2.24) is 4.90 Å². The van der Waals surface area contributed by atoms with Crippen molar-refractivity contribution in [2.24, 2.45) is 0 Å². The molecule has 2 aromatic carbocycles. The summed E-state index contributed by atoms with van der Waals surface area (Å²) in [6.45, 7) is 2.02. The van der Waals surface area contributed by atoms with Gasteiger partial charge in [0.1, 0.15) is 11.5 Å². The molecule has 1 amide bonds. The van der Waals surface area contributed by atoms with E-state index >= 15 is 0 Å². The molecule has 0 aromatic heterocycles. The monoisotopic (exact) mass is 313 g/mol. The Kier molecular flexibility index (Phi) is 5.63. The minimum atomic E-state index is 0.0897. The molecule has 23 heavy (non-hydrogen) atoms. The second-order valence-electron chi connectivity index (χ2n) is 5.89. The minimum absolute atomic E-state index is 0.0897. The van der Waals surface area contributed by atoms with Gasteiger partial charge in [0, 0.05) is 19.5 Å². The first-order chi connectivity index (χ1) is 11.0. The molecule has 2 rings (SSSR count). The van der Waals surface area contributed by atoms with Gasteiger partial charge in [0.15, 0.2) is 0 Å². The third kappa shape index (κ3) is 5.02. The molecule has 0 fully saturated rings. The van der Waals surface area contributed by atoms with Crippen LogP contribution in [0.2, 0.25) is 0 Å². The van der Waals surface area contributed by atoms with E-state index in [1.807, 2.05) is 38.2 Å². The summed E-state index contributed by atoms with van der Waals surface area (Å²) >= 11 is 0. The first kappa shape index (κ1) is 16.9. The van der Waals surface area contributed by atoms with Crippen LogP contribution in [0.5, 0.6) is 11.5 Å². The number of benzene rings is 2. The number of amides is 1. The van der Waals surface area contributed by atoms with Crippen molar-refractivity contribution in [2.75, 3.05) is 7.05 Å². The predicted octanol–water partition coefficient (Wildman–Crippen LogP) is 3.12. The van der Waals surface area contributed by atoms with Crippen LogP contribution < -0.4 is 0 Å². The zero-order chi connectivity index (χ0) is 16.8. The van der Waals surface area contributed by atoms with Crippen LogP contribution in [0.3, 0.4) is 0 Å². The lowest BCUT2D eigenvalue weighted by atomic mass is 10.0. The number of hydrogen-bond donors (Lipinski definition) is 2. The zero-order valence-electron chi connectivity index (χ0n) is 13.6. The van der Waals surface area contributed by atoms with Crippen molar-refractivity contribution in [2.45, 2.75) is 32.2 Å². The average molecular weight is 313 g/mol. The van der Waals surface area contributed by atoms with Crippen molar-refractivity contribution in [3.05, 3.63) is 59.7 Å². The van der Waals surface area contributed by atoms with Crippen LogP contribution in [0.15, 0.2) is 48.5 Å². The maximum absolute atomic E-state index is 12.3. The first-order valence-electron chi connectivity index (χ1n) is 7.77. The number of nitrogens with zero attached hydrogens (tertiary/aromatic N) is 1. The summed E-state index contributed by atoms with van der Waals surface area (Å²) in [5.74, 6) is 0.587. The molecule has 0 aliphatic rings. The molecule has 1 atom stereocenters. The van der Waals surface area contributed by atoms with Gasteiger partial charge in [-0.15, -0.1) is 0 Å².